The van der Waals surface area contributed by atoms with E-state index in [4.69, 9.17) is 32.5 Å². The Labute approximate surface area is 175 Å². The predicted octanol–water partition coefficient (Wildman–Crippen LogP) is 1.79. The summed E-state index contributed by atoms with van der Waals surface area (Å²) in [6.45, 7) is 0.536. The number of aromatic nitrogens is 4. The fourth-order valence-electron chi connectivity index (χ4n) is 2.36. The highest BCUT2D eigenvalue weighted by Crippen LogP contribution is 2.22. The van der Waals surface area contributed by atoms with Crippen LogP contribution in [0.4, 0.5) is 0 Å². The Bertz CT molecular complexity index is 1020. The molecule has 0 saturated carbocycles. The zero-order valence-corrected chi connectivity index (χ0v) is 16.7. The number of hydrogen-bond acceptors (Lipinski definition) is 7. The van der Waals surface area contributed by atoms with E-state index in [0.717, 1.165) is 0 Å². The maximum Gasteiger partial charge on any atom is 0.316 e. The van der Waals surface area contributed by atoms with Crippen LogP contribution in [0.3, 0.4) is 0 Å². The molecular formula is C17H16Cl2N6O4. The summed E-state index contributed by atoms with van der Waals surface area (Å²) in [4.78, 5) is 28.3. The fraction of sp³-hybridized carbons (Fsp3) is 0.235. The molecule has 12 heteroatoms. The molecule has 1 aromatic carbocycles. The quantitative estimate of drug-likeness (QED) is 0.513. The number of nitrogens with one attached hydrogen (secondary N) is 2. The van der Waals surface area contributed by atoms with Crippen molar-refractivity contribution in [1.82, 2.24) is 30.6 Å². The van der Waals surface area contributed by atoms with Gasteiger partial charge in [-0.1, -0.05) is 28.4 Å². The molecule has 0 bridgehead atoms. The predicted molar refractivity (Wildman–Crippen MR) is 103 cm³/mol. The van der Waals surface area contributed by atoms with E-state index >= 15 is 0 Å². The molecule has 0 spiro atoms. The molecule has 0 aliphatic heterocycles. The molecule has 2 amide bonds. The van der Waals surface area contributed by atoms with Crippen molar-refractivity contribution in [2.24, 2.45) is 0 Å². The van der Waals surface area contributed by atoms with Crippen LogP contribution in [-0.2, 0) is 6.54 Å². The van der Waals surface area contributed by atoms with Crippen LogP contribution in [0.2, 0.25) is 10.0 Å². The van der Waals surface area contributed by atoms with Crippen LogP contribution in [0.1, 0.15) is 26.9 Å². The lowest BCUT2D eigenvalue weighted by atomic mass is 10.2. The number of benzene rings is 1. The van der Waals surface area contributed by atoms with Gasteiger partial charge in [-0.05, 0) is 18.2 Å². The van der Waals surface area contributed by atoms with Gasteiger partial charge in [-0.3, -0.25) is 14.3 Å². The van der Waals surface area contributed by atoms with Crippen LogP contribution in [0.5, 0.6) is 5.75 Å². The van der Waals surface area contributed by atoms with Crippen molar-refractivity contribution in [2.75, 3.05) is 20.2 Å². The van der Waals surface area contributed by atoms with Crippen LogP contribution >= 0.6 is 23.2 Å². The van der Waals surface area contributed by atoms with Crippen molar-refractivity contribution in [3.63, 3.8) is 0 Å². The lowest BCUT2D eigenvalue weighted by molar-refractivity contribution is 0.0897. The molecular weight excluding hydrogens is 423 g/mol. The summed E-state index contributed by atoms with van der Waals surface area (Å²) in [5.74, 6) is -0.460. The third kappa shape index (κ3) is 5.46. The minimum Gasteiger partial charge on any atom is -0.496 e. The molecule has 0 aliphatic rings. The van der Waals surface area contributed by atoms with Gasteiger partial charge in [0.15, 0.2) is 5.82 Å². The standard InChI is InChI=1S/C17H16Cl2N6O4/c1-28-13-3-2-10(18)6-12(13)15(26)20-4-5-21-16(27)17-23-14(24-29-17)9-25-8-11(19)7-22-25/h2-3,6-8H,4-5,9H2,1H3,(H,20,26)(H,21,27). The molecule has 10 nitrogen and oxygen atoms in total. The molecule has 152 valence electrons. The first-order valence-electron chi connectivity index (χ1n) is 8.36. The van der Waals surface area contributed by atoms with Crippen molar-refractivity contribution >= 4 is 35.0 Å². The van der Waals surface area contributed by atoms with Crippen molar-refractivity contribution in [3.8, 4) is 5.75 Å². The summed E-state index contributed by atoms with van der Waals surface area (Å²) < 4.78 is 11.6. The number of carbonyl (C=O) groups is 2. The van der Waals surface area contributed by atoms with Gasteiger partial charge in [-0.15, -0.1) is 0 Å². The Morgan fingerprint density at radius 1 is 1.17 bits per heavy atom. The normalized spacial score (nSPS) is 10.6. The maximum atomic E-state index is 12.2. The minimum absolute atomic E-state index is 0.153. The fourth-order valence-corrected chi connectivity index (χ4v) is 2.69. The molecule has 0 aliphatic carbocycles. The number of amides is 2. The number of nitrogens with zero attached hydrogens (tertiary/aromatic N) is 4. The molecule has 0 radical (unpaired) electrons. The van der Waals surface area contributed by atoms with Gasteiger partial charge < -0.3 is 19.9 Å². The molecule has 0 saturated heterocycles. The minimum atomic E-state index is -0.558. The molecule has 2 aromatic heterocycles. The second-order valence-corrected chi connectivity index (χ2v) is 6.60. The number of halogens is 2. The first-order valence-corrected chi connectivity index (χ1v) is 9.12. The number of hydrogen-bond donors (Lipinski definition) is 2. The number of ether oxygens (including phenoxy) is 1. The van der Waals surface area contributed by atoms with E-state index in [1.165, 1.54) is 24.1 Å². The Balaban J connectivity index is 1.47. The molecule has 0 unspecified atom stereocenters. The van der Waals surface area contributed by atoms with E-state index < -0.39 is 5.91 Å². The van der Waals surface area contributed by atoms with Gasteiger partial charge in [0.2, 0.25) is 0 Å². The SMILES string of the molecule is COc1ccc(Cl)cc1C(=O)NCCNC(=O)c1nc(Cn2cc(Cl)cn2)no1. The van der Waals surface area contributed by atoms with Gasteiger partial charge >= 0.3 is 11.8 Å². The average molecular weight is 439 g/mol. The largest absolute Gasteiger partial charge is 0.496 e. The van der Waals surface area contributed by atoms with E-state index in [1.807, 2.05) is 0 Å². The van der Waals surface area contributed by atoms with E-state index in [-0.39, 0.29) is 37.3 Å². The van der Waals surface area contributed by atoms with Gasteiger partial charge in [0.25, 0.3) is 5.91 Å². The highest BCUT2D eigenvalue weighted by atomic mass is 35.5. The van der Waals surface area contributed by atoms with Crippen LogP contribution in [-0.4, -0.2) is 51.9 Å². The third-order valence-corrected chi connectivity index (χ3v) is 4.10. The van der Waals surface area contributed by atoms with Crippen LogP contribution in [0.15, 0.2) is 35.1 Å². The molecule has 0 atom stereocenters. The van der Waals surface area contributed by atoms with Crippen molar-refractivity contribution in [2.45, 2.75) is 6.54 Å². The molecule has 29 heavy (non-hydrogen) atoms. The van der Waals surface area contributed by atoms with Gasteiger partial charge in [-0.25, -0.2) is 0 Å². The van der Waals surface area contributed by atoms with E-state index in [0.29, 0.717) is 21.4 Å². The average Bonchev–Trinajstić information content (AvgIpc) is 3.34. The zero-order valence-electron chi connectivity index (χ0n) is 15.2. The third-order valence-electron chi connectivity index (χ3n) is 3.67. The van der Waals surface area contributed by atoms with Crippen molar-refractivity contribution in [3.05, 3.63) is 57.9 Å². The second-order valence-electron chi connectivity index (χ2n) is 5.73. The van der Waals surface area contributed by atoms with Gasteiger partial charge in [0.05, 0.1) is 23.9 Å². The van der Waals surface area contributed by atoms with Crippen molar-refractivity contribution in [1.29, 1.82) is 0 Å². The topological polar surface area (TPSA) is 124 Å². The van der Waals surface area contributed by atoms with Gasteiger partial charge in [0, 0.05) is 24.3 Å². The van der Waals surface area contributed by atoms with E-state index in [9.17, 15) is 9.59 Å². The summed E-state index contributed by atoms with van der Waals surface area (Å²) in [6, 6.07) is 4.72. The molecule has 3 aromatic rings. The first kappa shape index (κ1) is 20.6. The maximum absolute atomic E-state index is 12.2. The van der Waals surface area contributed by atoms with E-state index in [2.05, 4.69) is 25.9 Å². The number of rotatable bonds is 8. The van der Waals surface area contributed by atoms with Gasteiger partial charge in [-0.2, -0.15) is 10.1 Å². The monoisotopic (exact) mass is 438 g/mol. The molecule has 3 rings (SSSR count). The zero-order chi connectivity index (χ0) is 20.8. The smallest absolute Gasteiger partial charge is 0.316 e. The molecule has 2 N–H and O–H groups in total. The summed E-state index contributed by atoms with van der Waals surface area (Å²) in [5.41, 5.74) is 0.298. The summed E-state index contributed by atoms with van der Waals surface area (Å²) >= 11 is 11.7. The molecule has 2 heterocycles. The Morgan fingerprint density at radius 3 is 2.62 bits per heavy atom. The van der Waals surface area contributed by atoms with Crippen LogP contribution in [0, 0.1) is 0 Å². The second kappa shape index (κ2) is 9.39. The lowest BCUT2D eigenvalue weighted by Crippen LogP contribution is -2.35. The highest BCUT2D eigenvalue weighted by molar-refractivity contribution is 6.31. The Hall–Kier alpha value is -3.11. The lowest BCUT2D eigenvalue weighted by Gasteiger charge is -2.09. The first-order chi connectivity index (χ1) is 14.0. The van der Waals surface area contributed by atoms with Crippen molar-refractivity contribution < 1.29 is 18.8 Å². The molecule has 0 fully saturated rings. The Kier molecular flexibility index (Phi) is 6.68. The summed E-state index contributed by atoms with van der Waals surface area (Å²) in [6.07, 6.45) is 3.07. The van der Waals surface area contributed by atoms with E-state index in [1.54, 1.807) is 18.3 Å². The van der Waals surface area contributed by atoms with Gasteiger partial charge in [0.1, 0.15) is 12.3 Å². The summed E-state index contributed by atoms with van der Waals surface area (Å²) in [7, 11) is 1.46. The highest BCUT2D eigenvalue weighted by Gasteiger charge is 2.16. The number of methoxy groups -OCH3 is 1. The van der Waals surface area contributed by atoms with Crippen LogP contribution in [0.25, 0.3) is 0 Å². The number of carbonyl (C=O) groups excluding carboxylic acids is 2. The Morgan fingerprint density at radius 2 is 1.93 bits per heavy atom. The summed E-state index contributed by atoms with van der Waals surface area (Å²) in [5, 5.41) is 13.8. The van der Waals surface area contributed by atoms with Crippen LogP contribution < -0.4 is 15.4 Å².